The highest BCUT2D eigenvalue weighted by molar-refractivity contribution is 9.10. The summed E-state index contributed by atoms with van der Waals surface area (Å²) in [6.07, 6.45) is 1.87. The zero-order valence-electron chi connectivity index (χ0n) is 11.1. The first-order valence-electron chi connectivity index (χ1n) is 5.92. The van der Waals surface area contributed by atoms with Gasteiger partial charge < -0.3 is 10.5 Å². The molecule has 0 amide bonds. The summed E-state index contributed by atoms with van der Waals surface area (Å²) in [5.41, 5.74) is 8.53. The highest BCUT2D eigenvalue weighted by atomic mass is 79.9. The number of aryl methyl sites for hydroxylation is 1. The third-order valence-electron chi connectivity index (χ3n) is 3.17. The van der Waals surface area contributed by atoms with Crippen molar-refractivity contribution in [2.75, 3.05) is 7.11 Å². The van der Waals surface area contributed by atoms with Crippen LogP contribution in [-0.4, -0.2) is 12.7 Å². The van der Waals surface area contributed by atoms with E-state index in [1.807, 2.05) is 0 Å². The van der Waals surface area contributed by atoms with Crippen molar-refractivity contribution in [3.8, 4) is 0 Å². The predicted molar refractivity (Wildman–Crippen MR) is 76.1 cm³/mol. The summed E-state index contributed by atoms with van der Waals surface area (Å²) in [6, 6.07) is 6.36. The lowest BCUT2D eigenvalue weighted by Gasteiger charge is -2.25. The monoisotopic (exact) mass is 299 g/mol. The summed E-state index contributed by atoms with van der Waals surface area (Å²) in [4.78, 5) is 0. The van der Waals surface area contributed by atoms with Crippen molar-refractivity contribution in [3.05, 3.63) is 33.8 Å². The first kappa shape index (κ1) is 14.7. The van der Waals surface area contributed by atoms with Gasteiger partial charge in [-0.2, -0.15) is 0 Å². The van der Waals surface area contributed by atoms with Crippen LogP contribution in [0.2, 0.25) is 0 Å². The van der Waals surface area contributed by atoms with Crippen LogP contribution in [0, 0.1) is 6.92 Å². The molecular weight excluding hydrogens is 278 g/mol. The maximum Gasteiger partial charge on any atom is 0.0623 e. The second-order valence-electron chi connectivity index (χ2n) is 5.13. The van der Waals surface area contributed by atoms with Gasteiger partial charge in [-0.25, -0.2) is 0 Å². The van der Waals surface area contributed by atoms with E-state index in [1.165, 1.54) is 11.1 Å². The molecule has 1 aromatic carbocycles. The van der Waals surface area contributed by atoms with Crippen LogP contribution in [0.3, 0.4) is 0 Å². The molecule has 0 aliphatic carbocycles. The van der Waals surface area contributed by atoms with Crippen LogP contribution in [-0.2, 0) is 4.74 Å². The Balaban J connectivity index is 2.67. The van der Waals surface area contributed by atoms with Gasteiger partial charge in [0.2, 0.25) is 0 Å². The molecule has 0 saturated carbocycles. The van der Waals surface area contributed by atoms with Crippen molar-refractivity contribution in [1.82, 2.24) is 0 Å². The highest BCUT2D eigenvalue weighted by Gasteiger charge is 2.19. The Bertz CT molecular complexity index is 376. The maximum atomic E-state index is 6.22. The lowest BCUT2D eigenvalue weighted by Crippen LogP contribution is -2.24. The molecule has 0 spiro atoms. The minimum atomic E-state index is -0.102. The average molecular weight is 300 g/mol. The van der Waals surface area contributed by atoms with Crippen LogP contribution in [0.1, 0.15) is 43.9 Å². The summed E-state index contributed by atoms with van der Waals surface area (Å²) < 4.78 is 6.50. The smallest absolute Gasteiger partial charge is 0.0623 e. The van der Waals surface area contributed by atoms with E-state index in [0.29, 0.717) is 0 Å². The van der Waals surface area contributed by atoms with Crippen molar-refractivity contribution in [1.29, 1.82) is 0 Å². The van der Waals surface area contributed by atoms with Crippen molar-refractivity contribution in [2.45, 2.75) is 45.3 Å². The van der Waals surface area contributed by atoms with Gasteiger partial charge in [0.1, 0.15) is 0 Å². The van der Waals surface area contributed by atoms with Gasteiger partial charge in [0.15, 0.2) is 0 Å². The van der Waals surface area contributed by atoms with Crippen molar-refractivity contribution >= 4 is 15.9 Å². The zero-order chi connectivity index (χ0) is 13.1. The Kier molecular flexibility index (Phi) is 5.17. The Hall–Kier alpha value is -0.380. The van der Waals surface area contributed by atoms with Gasteiger partial charge in [-0.15, -0.1) is 0 Å². The normalized spacial score (nSPS) is 13.8. The van der Waals surface area contributed by atoms with Gasteiger partial charge in [-0.05, 0) is 50.8 Å². The quantitative estimate of drug-likeness (QED) is 0.893. The molecule has 17 heavy (non-hydrogen) atoms. The van der Waals surface area contributed by atoms with Crippen LogP contribution >= 0.6 is 15.9 Å². The number of nitrogens with two attached hydrogens (primary N) is 1. The molecule has 96 valence electrons. The lowest BCUT2D eigenvalue weighted by atomic mass is 9.95. The van der Waals surface area contributed by atoms with Gasteiger partial charge in [-0.3, -0.25) is 0 Å². The minimum Gasteiger partial charge on any atom is -0.379 e. The first-order valence-corrected chi connectivity index (χ1v) is 6.72. The molecule has 0 fully saturated rings. The van der Waals surface area contributed by atoms with Gasteiger partial charge >= 0.3 is 0 Å². The van der Waals surface area contributed by atoms with E-state index in [2.05, 4.69) is 54.9 Å². The molecule has 0 radical (unpaired) electrons. The molecular formula is C14H22BrNO. The Morgan fingerprint density at radius 1 is 1.41 bits per heavy atom. The van der Waals surface area contributed by atoms with Crippen molar-refractivity contribution in [3.63, 3.8) is 0 Å². The number of halogens is 1. The fourth-order valence-electron chi connectivity index (χ4n) is 1.69. The molecule has 2 nitrogen and oxygen atoms in total. The third kappa shape index (κ3) is 4.41. The Labute approximate surface area is 113 Å². The molecule has 0 aliphatic heterocycles. The molecule has 0 aliphatic rings. The fourth-order valence-corrected chi connectivity index (χ4v) is 2.48. The van der Waals surface area contributed by atoms with Crippen LogP contribution in [0.4, 0.5) is 0 Å². The van der Waals surface area contributed by atoms with E-state index in [-0.39, 0.29) is 11.6 Å². The van der Waals surface area contributed by atoms with Gasteiger partial charge in [0.05, 0.1) is 5.60 Å². The van der Waals surface area contributed by atoms with Gasteiger partial charge in [0.25, 0.3) is 0 Å². The van der Waals surface area contributed by atoms with E-state index in [0.717, 1.165) is 17.3 Å². The maximum absolute atomic E-state index is 6.22. The number of benzene rings is 1. The summed E-state index contributed by atoms with van der Waals surface area (Å²) in [7, 11) is 1.74. The average Bonchev–Trinajstić information content (AvgIpc) is 2.26. The topological polar surface area (TPSA) is 35.2 Å². The van der Waals surface area contributed by atoms with Gasteiger partial charge in [0, 0.05) is 17.6 Å². The summed E-state index contributed by atoms with van der Waals surface area (Å²) in [6.45, 7) is 6.25. The third-order valence-corrected chi connectivity index (χ3v) is 3.85. The summed E-state index contributed by atoms with van der Waals surface area (Å²) in [5.74, 6) is 0. The van der Waals surface area contributed by atoms with Crippen LogP contribution in [0.25, 0.3) is 0 Å². The molecule has 3 heteroatoms. The molecule has 2 N–H and O–H groups in total. The number of hydrogen-bond donors (Lipinski definition) is 1. The summed E-state index contributed by atoms with van der Waals surface area (Å²) in [5, 5.41) is 0. The van der Waals surface area contributed by atoms with E-state index in [9.17, 15) is 0 Å². The number of hydrogen-bond acceptors (Lipinski definition) is 2. The van der Waals surface area contributed by atoms with Crippen LogP contribution in [0.15, 0.2) is 22.7 Å². The molecule has 1 rings (SSSR count). The zero-order valence-corrected chi connectivity index (χ0v) is 12.7. The lowest BCUT2D eigenvalue weighted by molar-refractivity contribution is 0.0125. The van der Waals surface area contributed by atoms with Crippen molar-refractivity contribution < 1.29 is 4.74 Å². The molecule has 1 atom stereocenters. The van der Waals surface area contributed by atoms with Gasteiger partial charge in [-0.1, -0.05) is 28.1 Å². The predicted octanol–water partition coefficient (Wildman–Crippen LogP) is 3.96. The van der Waals surface area contributed by atoms with Crippen molar-refractivity contribution in [2.24, 2.45) is 5.73 Å². The molecule has 0 aromatic heterocycles. The largest absolute Gasteiger partial charge is 0.379 e. The van der Waals surface area contributed by atoms with E-state index in [4.69, 9.17) is 10.5 Å². The standard InChI is InChI=1S/C14H22BrNO/c1-10-5-6-11(12(15)9-10)13(16)7-8-14(2,3)17-4/h5-6,9,13H,7-8,16H2,1-4H3. The number of rotatable bonds is 5. The Morgan fingerprint density at radius 2 is 2.06 bits per heavy atom. The molecule has 0 bridgehead atoms. The SMILES string of the molecule is COC(C)(C)CCC(N)c1ccc(C)cc1Br. The summed E-state index contributed by atoms with van der Waals surface area (Å²) >= 11 is 3.57. The molecule has 0 heterocycles. The number of methoxy groups -OCH3 is 1. The highest BCUT2D eigenvalue weighted by Crippen LogP contribution is 2.28. The number of ether oxygens (including phenoxy) is 1. The Morgan fingerprint density at radius 3 is 2.59 bits per heavy atom. The van der Waals surface area contributed by atoms with E-state index < -0.39 is 0 Å². The first-order chi connectivity index (χ1) is 7.85. The van der Waals surface area contributed by atoms with Crippen LogP contribution in [0.5, 0.6) is 0 Å². The second-order valence-corrected chi connectivity index (χ2v) is 5.99. The van der Waals surface area contributed by atoms with Crippen LogP contribution < -0.4 is 5.73 Å². The molecule has 0 saturated heterocycles. The minimum absolute atomic E-state index is 0.0550. The van der Waals surface area contributed by atoms with E-state index in [1.54, 1.807) is 7.11 Å². The second kappa shape index (κ2) is 5.98. The van der Waals surface area contributed by atoms with E-state index >= 15 is 0 Å². The molecule has 1 unspecified atom stereocenters. The molecule has 1 aromatic rings. The fraction of sp³-hybridized carbons (Fsp3) is 0.571.